The number of likely N-dealkylation sites (tertiary alicyclic amines) is 1. The zero-order chi connectivity index (χ0) is 36.6. The molecule has 2 fully saturated rings. The van der Waals surface area contributed by atoms with Crippen LogP contribution in [0.2, 0.25) is 0 Å². The van der Waals surface area contributed by atoms with Gasteiger partial charge in [0.15, 0.2) is 17.6 Å². The minimum absolute atomic E-state index is 0.0819. The molecule has 8 unspecified atom stereocenters. The van der Waals surface area contributed by atoms with Crippen LogP contribution < -0.4 is 9.47 Å². The number of terminal acetylenes is 1. The molecule has 2 bridgehead atoms. The van der Waals surface area contributed by atoms with Gasteiger partial charge in [0.25, 0.3) is 0 Å². The number of nitrogens with zero attached hydrogens (tertiary/aromatic N) is 1. The summed E-state index contributed by atoms with van der Waals surface area (Å²) in [6.45, 7) is 12.0. The smallest absolute Gasteiger partial charge is 0.308 e. The van der Waals surface area contributed by atoms with Gasteiger partial charge in [-0.25, -0.2) is 0 Å². The molecule has 1 aliphatic carbocycles. The monoisotopic (exact) mass is 701 g/mol. The molecule has 268 valence electrons. The first-order valence-electron chi connectivity index (χ1n) is 16.0. The molecule has 5 rings (SSSR count). The van der Waals surface area contributed by atoms with E-state index in [0.717, 1.165) is 24.9 Å². The summed E-state index contributed by atoms with van der Waals surface area (Å²) in [7, 11) is 3.51. The summed E-state index contributed by atoms with van der Waals surface area (Å²) in [6, 6.07) is 4.25. The third kappa shape index (κ3) is 8.84. The van der Waals surface area contributed by atoms with Gasteiger partial charge in [-0.1, -0.05) is 18.1 Å². The van der Waals surface area contributed by atoms with E-state index in [1.54, 1.807) is 0 Å². The van der Waals surface area contributed by atoms with Crippen molar-refractivity contribution in [2.75, 3.05) is 33.6 Å². The standard InChI is InChI=1S/C20H21NO3.C13H20O6S.C3H6O2/c1-5-14-15-11-13-7-8-16(23-12(3)22)19-18(13)20(14,9-10-21(15)4)17(6-2)24-19;1-7(14)12-11(18-9(3)16)5-10(6-17-8(2)15)19-13(12)20-4;1-3(4)5-2/h2,5,7-8,14-15,17H,1,9-11H2,3-4H3;10-13H,5-6H2,1-4H3;1-2H3. The maximum atomic E-state index is 11.8. The van der Waals surface area contributed by atoms with Crippen LogP contribution >= 0.6 is 11.8 Å². The number of hydrogen-bond donors (Lipinski definition) is 0. The molecule has 4 aliphatic rings. The molecule has 1 spiro atoms. The van der Waals surface area contributed by atoms with Crippen molar-refractivity contribution in [2.24, 2.45) is 11.8 Å². The number of ether oxygens (including phenoxy) is 6. The Kier molecular flexibility index (Phi) is 13.9. The van der Waals surface area contributed by atoms with Crippen molar-refractivity contribution >= 4 is 41.4 Å². The van der Waals surface area contributed by atoms with Crippen molar-refractivity contribution in [2.45, 2.75) is 89.1 Å². The average molecular weight is 702 g/mol. The van der Waals surface area contributed by atoms with Crippen LogP contribution in [0.4, 0.5) is 0 Å². The number of ketones is 1. The van der Waals surface area contributed by atoms with Crippen LogP contribution in [0.1, 0.15) is 58.6 Å². The lowest BCUT2D eigenvalue weighted by Gasteiger charge is -2.53. The van der Waals surface area contributed by atoms with Crippen molar-refractivity contribution in [3.63, 3.8) is 0 Å². The van der Waals surface area contributed by atoms with Gasteiger partial charge in [-0.2, -0.15) is 0 Å². The quantitative estimate of drug-likeness (QED) is 0.134. The van der Waals surface area contributed by atoms with Gasteiger partial charge < -0.3 is 33.3 Å². The van der Waals surface area contributed by atoms with Crippen LogP contribution in [0.5, 0.6) is 11.5 Å². The average Bonchev–Trinajstić information content (AvgIpc) is 3.38. The molecule has 0 amide bonds. The number of fused-ring (bicyclic) bond motifs is 1. The van der Waals surface area contributed by atoms with Crippen molar-refractivity contribution in [1.82, 2.24) is 4.90 Å². The van der Waals surface area contributed by atoms with Crippen LogP contribution in [-0.4, -0.2) is 97.9 Å². The molecule has 3 aliphatic heterocycles. The fourth-order valence-electron chi connectivity index (χ4n) is 7.18. The summed E-state index contributed by atoms with van der Waals surface area (Å²) in [5, 5.41) is 0. The third-order valence-electron chi connectivity index (χ3n) is 9.21. The van der Waals surface area contributed by atoms with Gasteiger partial charge in [0.2, 0.25) is 0 Å². The highest BCUT2D eigenvalue weighted by Crippen LogP contribution is 2.60. The Morgan fingerprint density at radius 1 is 1.10 bits per heavy atom. The van der Waals surface area contributed by atoms with Crippen LogP contribution in [0.25, 0.3) is 0 Å². The van der Waals surface area contributed by atoms with Gasteiger partial charge in [-0.15, -0.1) is 24.8 Å². The van der Waals surface area contributed by atoms with Crippen molar-refractivity contribution in [3.8, 4) is 23.8 Å². The second-order valence-corrected chi connectivity index (χ2v) is 13.3. The Bertz CT molecular complexity index is 1470. The summed E-state index contributed by atoms with van der Waals surface area (Å²) in [5.41, 5.74) is 1.70. The van der Waals surface area contributed by atoms with E-state index < -0.39 is 29.4 Å². The number of rotatable bonds is 7. The van der Waals surface area contributed by atoms with Crippen LogP contribution in [0, 0.1) is 24.2 Å². The molecule has 2 saturated heterocycles. The number of esters is 4. The van der Waals surface area contributed by atoms with E-state index in [2.05, 4.69) is 35.3 Å². The predicted molar refractivity (Wildman–Crippen MR) is 182 cm³/mol. The highest BCUT2D eigenvalue weighted by Gasteiger charge is 2.61. The molecule has 0 saturated carbocycles. The first-order valence-corrected chi connectivity index (χ1v) is 17.3. The molecule has 0 aromatic heterocycles. The number of methoxy groups -OCH3 is 1. The number of carbonyl (C=O) groups is 5. The van der Waals surface area contributed by atoms with Crippen molar-refractivity contribution in [3.05, 3.63) is 35.9 Å². The first kappa shape index (κ1) is 39.6. The summed E-state index contributed by atoms with van der Waals surface area (Å²) < 4.78 is 31.6. The number of likely N-dealkylation sites (N-methyl/N-ethyl adjacent to an activating group) is 1. The van der Waals surface area contributed by atoms with E-state index in [4.69, 9.17) is 30.1 Å². The van der Waals surface area contributed by atoms with E-state index in [9.17, 15) is 24.0 Å². The van der Waals surface area contributed by atoms with E-state index in [0.29, 0.717) is 24.0 Å². The maximum absolute atomic E-state index is 11.8. The van der Waals surface area contributed by atoms with Gasteiger partial charge in [0.05, 0.1) is 24.5 Å². The molecular formula is C36H47NO11S. The summed E-state index contributed by atoms with van der Waals surface area (Å²) in [6.07, 6.45) is 10.6. The van der Waals surface area contributed by atoms with E-state index in [1.807, 2.05) is 18.4 Å². The number of carbonyl (C=O) groups excluding carboxylic acids is 5. The number of Topliss-reactive ketones (excluding diaryl/α,β-unsaturated/α-hetero) is 1. The first-order chi connectivity index (χ1) is 23.1. The zero-order valence-electron chi connectivity index (χ0n) is 29.4. The zero-order valence-corrected chi connectivity index (χ0v) is 30.3. The van der Waals surface area contributed by atoms with Gasteiger partial charge in [0, 0.05) is 51.6 Å². The lowest BCUT2D eigenvalue weighted by Crippen LogP contribution is -2.61. The van der Waals surface area contributed by atoms with Crippen molar-refractivity contribution < 1.29 is 52.4 Å². The molecule has 12 nitrogen and oxygen atoms in total. The van der Waals surface area contributed by atoms with E-state index >= 15 is 0 Å². The summed E-state index contributed by atoms with van der Waals surface area (Å²) in [5.74, 6) is 2.18. The fraction of sp³-hybridized carbons (Fsp3) is 0.583. The number of hydrogen-bond acceptors (Lipinski definition) is 13. The minimum Gasteiger partial charge on any atom is -0.473 e. The largest absolute Gasteiger partial charge is 0.473 e. The SMILES string of the molecule is C#CC1Oc2c(OC(C)=O)ccc3c2C12CCN(C)C(C3)C2C=C.COC(C)=O.CSC1OC(COC(C)=O)CC(OC(C)=O)C1C(C)=O. The summed E-state index contributed by atoms with van der Waals surface area (Å²) in [4.78, 5) is 57.2. The topological polar surface area (TPSA) is 144 Å². The lowest BCUT2D eigenvalue weighted by atomic mass is 9.56. The highest BCUT2D eigenvalue weighted by molar-refractivity contribution is 7.99. The molecule has 13 heteroatoms. The normalized spacial score (nSPS) is 29.0. The second-order valence-electron chi connectivity index (χ2n) is 12.4. The molecule has 49 heavy (non-hydrogen) atoms. The molecule has 1 aromatic rings. The minimum atomic E-state index is -0.545. The van der Waals surface area contributed by atoms with Gasteiger partial charge in [0.1, 0.15) is 23.9 Å². The van der Waals surface area contributed by atoms with E-state index in [-0.39, 0.29) is 47.9 Å². The molecule has 8 atom stereocenters. The Labute approximate surface area is 292 Å². The molecule has 1 aromatic carbocycles. The van der Waals surface area contributed by atoms with Crippen LogP contribution in [0.3, 0.4) is 0 Å². The van der Waals surface area contributed by atoms with Gasteiger partial charge >= 0.3 is 23.9 Å². The molecule has 0 radical (unpaired) electrons. The number of benzene rings is 1. The second kappa shape index (κ2) is 17.2. The number of piperidine rings is 1. The molecular weight excluding hydrogens is 654 g/mol. The summed E-state index contributed by atoms with van der Waals surface area (Å²) >= 11 is 1.38. The van der Waals surface area contributed by atoms with Crippen LogP contribution in [0.15, 0.2) is 24.8 Å². The third-order valence-corrected chi connectivity index (χ3v) is 10.1. The fourth-order valence-corrected chi connectivity index (χ4v) is 8.11. The predicted octanol–water partition coefficient (Wildman–Crippen LogP) is 3.65. The lowest BCUT2D eigenvalue weighted by molar-refractivity contribution is -0.174. The Morgan fingerprint density at radius 2 is 1.78 bits per heavy atom. The Hall–Kier alpha value is -3.86. The van der Waals surface area contributed by atoms with Gasteiger partial charge in [-0.05, 0) is 51.2 Å². The van der Waals surface area contributed by atoms with Crippen molar-refractivity contribution in [1.29, 1.82) is 0 Å². The molecule has 3 heterocycles. The highest BCUT2D eigenvalue weighted by atomic mass is 32.2. The Balaban J connectivity index is 0.000000237. The van der Waals surface area contributed by atoms with E-state index in [1.165, 1.54) is 59.1 Å². The van der Waals surface area contributed by atoms with Gasteiger partial charge in [-0.3, -0.25) is 24.0 Å². The Morgan fingerprint density at radius 3 is 2.29 bits per heavy atom. The maximum Gasteiger partial charge on any atom is 0.308 e. The van der Waals surface area contributed by atoms with Crippen LogP contribution in [-0.2, 0) is 54.8 Å². The number of thioether (sulfide) groups is 1. The molecule has 0 N–H and O–H groups in total.